The predicted molar refractivity (Wildman–Crippen MR) is 59.8 cm³/mol. The van der Waals surface area contributed by atoms with Gasteiger partial charge in [0.2, 0.25) is 0 Å². The van der Waals surface area contributed by atoms with E-state index < -0.39 is 5.69 Å². The van der Waals surface area contributed by atoms with Gasteiger partial charge in [-0.2, -0.15) is 0 Å². The minimum Gasteiger partial charge on any atom is -0.442 e. The SMILES string of the molecule is C=C(C)OP(O)(=S)SC(=C)C.N. The molecule has 0 aliphatic carbocycles. The van der Waals surface area contributed by atoms with Gasteiger partial charge in [0.1, 0.15) is 0 Å². The van der Waals surface area contributed by atoms with E-state index in [1.54, 1.807) is 13.8 Å². The van der Waals surface area contributed by atoms with Crippen LogP contribution in [0.15, 0.2) is 23.8 Å². The fraction of sp³-hybridized carbons (Fsp3) is 0.333. The predicted octanol–water partition coefficient (Wildman–Crippen LogP) is 3.18. The van der Waals surface area contributed by atoms with Crippen molar-refractivity contribution >= 4 is 28.9 Å². The van der Waals surface area contributed by atoms with Gasteiger partial charge < -0.3 is 15.6 Å². The van der Waals surface area contributed by atoms with Crippen LogP contribution >= 0.6 is 17.1 Å². The van der Waals surface area contributed by atoms with Crippen molar-refractivity contribution in [2.24, 2.45) is 0 Å². The van der Waals surface area contributed by atoms with Crippen molar-refractivity contribution in [3.8, 4) is 0 Å². The topological polar surface area (TPSA) is 64.5 Å². The standard InChI is InChI=1S/C6H11O2PS2.H3N/c1-5(2)8-9(7,10)11-6(3)4;/h1,3H2,2,4H3,(H,7,10);1H3. The average Bonchev–Trinajstić information content (AvgIpc) is 1.53. The van der Waals surface area contributed by atoms with Gasteiger partial charge in [-0.25, -0.2) is 0 Å². The number of hydrogen-bond acceptors (Lipinski definition) is 4. The van der Waals surface area contributed by atoms with Crippen molar-refractivity contribution in [3.05, 3.63) is 23.8 Å². The highest BCUT2D eigenvalue weighted by Crippen LogP contribution is 2.60. The summed E-state index contributed by atoms with van der Waals surface area (Å²) >= 11 is 5.87. The van der Waals surface area contributed by atoms with Crippen molar-refractivity contribution in [2.75, 3.05) is 0 Å². The second-order valence-corrected chi connectivity index (χ2v) is 8.27. The molecule has 0 aromatic rings. The number of rotatable bonds is 4. The molecular formula is C6H14NO2PS2. The summed E-state index contributed by atoms with van der Waals surface area (Å²) in [5, 5.41) is 0. The van der Waals surface area contributed by atoms with E-state index in [1.165, 1.54) is 0 Å². The Kier molecular flexibility index (Phi) is 7.08. The van der Waals surface area contributed by atoms with Crippen LogP contribution in [0.3, 0.4) is 0 Å². The molecule has 0 aliphatic heterocycles. The van der Waals surface area contributed by atoms with E-state index in [0.717, 1.165) is 16.3 Å². The van der Waals surface area contributed by atoms with Gasteiger partial charge in [-0.3, -0.25) is 0 Å². The molecular weight excluding hydrogens is 213 g/mol. The zero-order valence-electron chi connectivity index (χ0n) is 7.24. The molecule has 0 bridgehead atoms. The lowest BCUT2D eigenvalue weighted by Crippen LogP contribution is -1.80. The quantitative estimate of drug-likeness (QED) is 0.570. The van der Waals surface area contributed by atoms with Crippen LogP contribution in [0.25, 0.3) is 0 Å². The second-order valence-electron chi connectivity index (χ2n) is 2.06. The third-order valence-electron chi connectivity index (χ3n) is 0.542. The molecule has 0 spiro atoms. The van der Waals surface area contributed by atoms with Gasteiger partial charge in [0, 0.05) is 0 Å². The van der Waals surface area contributed by atoms with Gasteiger partial charge in [-0.15, -0.1) is 0 Å². The van der Waals surface area contributed by atoms with E-state index in [1.807, 2.05) is 0 Å². The third-order valence-corrected chi connectivity index (χ3v) is 4.37. The van der Waals surface area contributed by atoms with E-state index >= 15 is 0 Å². The van der Waals surface area contributed by atoms with Crippen LogP contribution in [0.4, 0.5) is 0 Å². The molecule has 0 saturated carbocycles. The molecule has 0 aromatic carbocycles. The molecule has 4 N–H and O–H groups in total. The minimum absolute atomic E-state index is 0. The van der Waals surface area contributed by atoms with Gasteiger partial charge in [0.15, 0.2) is 0 Å². The Hall–Kier alpha value is 0.200. The summed E-state index contributed by atoms with van der Waals surface area (Å²) in [6.45, 7) is 10.5. The van der Waals surface area contributed by atoms with Gasteiger partial charge in [0.05, 0.1) is 5.76 Å². The van der Waals surface area contributed by atoms with E-state index in [9.17, 15) is 4.89 Å². The van der Waals surface area contributed by atoms with Crippen molar-refractivity contribution in [2.45, 2.75) is 13.8 Å². The molecule has 72 valence electrons. The zero-order chi connectivity index (χ0) is 9.07. The Labute approximate surface area is 82.4 Å². The van der Waals surface area contributed by atoms with Crippen LogP contribution in [0.2, 0.25) is 0 Å². The smallest absolute Gasteiger partial charge is 0.299 e. The molecule has 0 fully saturated rings. The van der Waals surface area contributed by atoms with E-state index in [4.69, 9.17) is 16.3 Å². The van der Waals surface area contributed by atoms with Gasteiger partial charge >= 0.3 is 0 Å². The largest absolute Gasteiger partial charge is 0.442 e. The Morgan fingerprint density at radius 2 is 1.92 bits per heavy atom. The highest BCUT2D eigenvalue weighted by Gasteiger charge is 2.15. The maximum atomic E-state index is 9.40. The summed E-state index contributed by atoms with van der Waals surface area (Å²) in [6, 6.07) is 0. The van der Waals surface area contributed by atoms with E-state index in [0.29, 0.717) is 5.76 Å². The van der Waals surface area contributed by atoms with Crippen molar-refractivity contribution < 1.29 is 9.42 Å². The van der Waals surface area contributed by atoms with Crippen LogP contribution in [0.5, 0.6) is 0 Å². The Morgan fingerprint density at radius 3 is 2.17 bits per heavy atom. The molecule has 0 heterocycles. The Balaban J connectivity index is 0. The first-order chi connectivity index (χ1) is 4.83. The van der Waals surface area contributed by atoms with Crippen molar-refractivity contribution in [3.63, 3.8) is 0 Å². The second kappa shape index (κ2) is 5.78. The first kappa shape index (κ1) is 14.7. The van der Waals surface area contributed by atoms with Crippen molar-refractivity contribution in [1.82, 2.24) is 6.15 Å². The molecule has 0 aromatic heterocycles. The summed E-state index contributed by atoms with van der Waals surface area (Å²) in [4.78, 5) is 10.1. The monoisotopic (exact) mass is 227 g/mol. The summed E-state index contributed by atoms with van der Waals surface area (Å²) in [7, 11) is 0. The lowest BCUT2D eigenvalue weighted by molar-refractivity contribution is 0.418. The highest BCUT2D eigenvalue weighted by molar-refractivity contribution is 8.69. The van der Waals surface area contributed by atoms with E-state index in [-0.39, 0.29) is 6.15 Å². The first-order valence-corrected chi connectivity index (χ1v) is 6.96. The normalized spacial score (nSPS) is 13.9. The molecule has 0 aliphatic rings. The third kappa shape index (κ3) is 8.30. The fourth-order valence-electron chi connectivity index (χ4n) is 0.412. The molecule has 3 nitrogen and oxygen atoms in total. The summed E-state index contributed by atoms with van der Waals surface area (Å²) in [5.41, 5.74) is -2.75. The minimum atomic E-state index is -2.75. The summed E-state index contributed by atoms with van der Waals surface area (Å²) < 4.78 is 4.94. The van der Waals surface area contributed by atoms with E-state index in [2.05, 4.69) is 13.2 Å². The Morgan fingerprint density at radius 1 is 1.50 bits per heavy atom. The lowest BCUT2D eigenvalue weighted by Gasteiger charge is -2.14. The highest BCUT2D eigenvalue weighted by atomic mass is 32.9. The molecule has 0 amide bonds. The van der Waals surface area contributed by atoms with Crippen LogP contribution < -0.4 is 6.15 Å². The summed E-state index contributed by atoms with van der Waals surface area (Å²) in [5.74, 6) is 0.435. The van der Waals surface area contributed by atoms with Gasteiger partial charge in [-0.1, -0.05) is 13.2 Å². The maximum Gasteiger partial charge on any atom is 0.299 e. The average molecular weight is 227 g/mol. The zero-order valence-corrected chi connectivity index (χ0v) is 9.77. The fourth-order valence-corrected chi connectivity index (χ4v) is 4.44. The number of hydrogen-bond donors (Lipinski definition) is 2. The van der Waals surface area contributed by atoms with Gasteiger partial charge in [-0.05, 0) is 41.9 Å². The van der Waals surface area contributed by atoms with Crippen LogP contribution in [-0.4, -0.2) is 4.89 Å². The molecule has 12 heavy (non-hydrogen) atoms. The lowest BCUT2D eigenvalue weighted by atomic mass is 10.7. The first-order valence-electron chi connectivity index (χ1n) is 2.86. The van der Waals surface area contributed by atoms with Crippen molar-refractivity contribution in [1.29, 1.82) is 0 Å². The Bertz CT molecular complexity index is 210. The van der Waals surface area contributed by atoms with Crippen LogP contribution in [0, 0.1) is 0 Å². The van der Waals surface area contributed by atoms with Gasteiger partial charge in [0.25, 0.3) is 5.69 Å². The molecule has 1 unspecified atom stereocenters. The number of allylic oxidation sites excluding steroid dienone is 2. The maximum absolute atomic E-state index is 9.40. The van der Waals surface area contributed by atoms with Crippen LogP contribution in [0.1, 0.15) is 13.8 Å². The van der Waals surface area contributed by atoms with Crippen LogP contribution in [-0.2, 0) is 16.3 Å². The molecule has 0 radical (unpaired) electrons. The molecule has 1 atom stereocenters. The summed E-state index contributed by atoms with van der Waals surface area (Å²) in [6.07, 6.45) is 0. The molecule has 6 heteroatoms. The molecule has 0 rings (SSSR count). The molecule has 0 saturated heterocycles.